The molecule has 0 amide bonds. The molecule has 9 heteroatoms. The lowest BCUT2D eigenvalue weighted by atomic mass is 9.99. The fourth-order valence-electron chi connectivity index (χ4n) is 4.93. The molecule has 0 atom stereocenters. The first-order valence-electron chi connectivity index (χ1n) is 12.8. The Labute approximate surface area is 223 Å². The number of pyridine rings is 1. The Hall–Kier alpha value is -4.63. The van der Waals surface area contributed by atoms with Crippen molar-refractivity contribution in [1.29, 1.82) is 0 Å². The Balaban J connectivity index is 1.34. The molecule has 2 N–H and O–H groups in total. The molecule has 6 rings (SSSR count). The zero-order valence-corrected chi connectivity index (χ0v) is 21.1. The average molecular weight is 525 g/mol. The van der Waals surface area contributed by atoms with Crippen molar-refractivity contribution in [2.45, 2.75) is 6.54 Å². The SMILES string of the molecule is O=c1ccc2cnc(Nc3ccc(N4CCNCC4)c(F)c3)nc2n1Cc1c(F)cccc1-c1ccccc1. The van der Waals surface area contributed by atoms with Crippen molar-refractivity contribution in [3.8, 4) is 11.1 Å². The zero-order chi connectivity index (χ0) is 26.8. The van der Waals surface area contributed by atoms with Gasteiger partial charge in [0, 0.05) is 55.1 Å². The fraction of sp³-hybridized carbons (Fsp3) is 0.167. The normalized spacial score (nSPS) is 13.5. The van der Waals surface area contributed by atoms with Crippen LogP contribution in [-0.2, 0) is 6.54 Å². The van der Waals surface area contributed by atoms with Crippen LogP contribution in [0.2, 0.25) is 0 Å². The van der Waals surface area contributed by atoms with Gasteiger partial charge in [0.2, 0.25) is 5.95 Å². The van der Waals surface area contributed by atoms with E-state index in [0.717, 1.165) is 31.7 Å². The molecule has 1 saturated heterocycles. The topological polar surface area (TPSA) is 75.1 Å². The lowest BCUT2D eigenvalue weighted by molar-refractivity contribution is 0.566. The van der Waals surface area contributed by atoms with Gasteiger partial charge in [-0.25, -0.2) is 13.8 Å². The Morgan fingerprint density at radius 3 is 2.51 bits per heavy atom. The van der Waals surface area contributed by atoms with Crippen LogP contribution in [0.25, 0.3) is 22.2 Å². The lowest BCUT2D eigenvalue weighted by Gasteiger charge is -2.29. The van der Waals surface area contributed by atoms with Crippen molar-refractivity contribution in [1.82, 2.24) is 19.9 Å². The summed E-state index contributed by atoms with van der Waals surface area (Å²) in [7, 11) is 0. The van der Waals surface area contributed by atoms with Crippen molar-refractivity contribution >= 4 is 28.4 Å². The number of fused-ring (bicyclic) bond motifs is 1. The maximum absolute atomic E-state index is 15.1. The van der Waals surface area contributed by atoms with E-state index in [-0.39, 0.29) is 23.9 Å². The maximum Gasteiger partial charge on any atom is 0.252 e. The number of anilines is 3. The summed E-state index contributed by atoms with van der Waals surface area (Å²) in [6.45, 7) is 3.08. The Bertz CT molecular complexity index is 1700. The van der Waals surface area contributed by atoms with Crippen LogP contribution in [0.5, 0.6) is 0 Å². The Morgan fingerprint density at radius 2 is 1.72 bits per heavy atom. The molecule has 0 spiro atoms. The summed E-state index contributed by atoms with van der Waals surface area (Å²) in [5.41, 5.74) is 3.00. The number of nitrogens with one attached hydrogen (secondary N) is 2. The summed E-state index contributed by atoms with van der Waals surface area (Å²) in [4.78, 5) is 23.9. The second kappa shape index (κ2) is 10.6. The Kier molecular flexibility index (Phi) is 6.73. The van der Waals surface area contributed by atoms with E-state index in [9.17, 15) is 9.18 Å². The molecule has 2 aromatic heterocycles. The highest BCUT2D eigenvalue weighted by molar-refractivity contribution is 5.76. The van der Waals surface area contributed by atoms with Crippen molar-refractivity contribution in [3.05, 3.63) is 113 Å². The van der Waals surface area contributed by atoms with Gasteiger partial charge in [0.1, 0.15) is 17.3 Å². The molecule has 3 aromatic carbocycles. The van der Waals surface area contributed by atoms with Gasteiger partial charge in [0.25, 0.3) is 5.56 Å². The van der Waals surface area contributed by atoms with Crippen molar-refractivity contribution < 1.29 is 8.78 Å². The molecule has 1 aliphatic rings. The lowest BCUT2D eigenvalue weighted by Crippen LogP contribution is -2.43. The summed E-state index contributed by atoms with van der Waals surface area (Å²) in [5.74, 6) is -0.548. The zero-order valence-electron chi connectivity index (χ0n) is 21.1. The molecule has 0 aliphatic carbocycles. The molecular weight excluding hydrogens is 498 g/mol. The van der Waals surface area contributed by atoms with Crippen LogP contribution >= 0.6 is 0 Å². The first kappa shape index (κ1) is 24.7. The van der Waals surface area contributed by atoms with Crippen molar-refractivity contribution in [2.24, 2.45) is 0 Å². The van der Waals surface area contributed by atoms with Crippen molar-refractivity contribution in [3.63, 3.8) is 0 Å². The number of hydrogen-bond donors (Lipinski definition) is 2. The van der Waals surface area contributed by atoms with Crippen molar-refractivity contribution in [2.75, 3.05) is 36.4 Å². The monoisotopic (exact) mass is 524 g/mol. The third-order valence-electron chi connectivity index (χ3n) is 6.90. The van der Waals surface area contributed by atoms with Gasteiger partial charge in [-0.3, -0.25) is 9.36 Å². The second-order valence-corrected chi connectivity index (χ2v) is 9.39. The van der Waals surface area contributed by atoms with Gasteiger partial charge < -0.3 is 15.5 Å². The number of halogens is 2. The minimum Gasteiger partial charge on any atom is -0.367 e. The highest BCUT2D eigenvalue weighted by atomic mass is 19.1. The molecule has 5 aromatic rings. The second-order valence-electron chi connectivity index (χ2n) is 9.39. The van der Waals surface area contributed by atoms with Crippen LogP contribution in [0.3, 0.4) is 0 Å². The summed E-state index contributed by atoms with van der Waals surface area (Å²) in [5, 5.41) is 6.93. The number of piperazine rings is 1. The predicted molar refractivity (Wildman–Crippen MR) is 150 cm³/mol. The van der Waals surface area contributed by atoms with Gasteiger partial charge in [-0.05, 0) is 41.5 Å². The summed E-state index contributed by atoms with van der Waals surface area (Å²) < 4.78 is 31.5. The molecule has 0 radical (unpaired) electrons. The largest absolute Gasteiger partial charge is 0.367 e. The van der Waals surface area contributed by atoms with E-state index in [4.69, 9.17) is 0 Å². The molecule has 0 unspecified atom stereocenters. The van der Waals surface area contributed by atoms with Gasteiger partial charge >= 0.3 is 0 Å². The van der Waals surface area contributed by atoms with Gasteiger partial charge in [-0.1, -0.05) is 42.5 Å². The van der Waals surface area contributed by atoms with Gasteiger partial charge in [0.05, 0.1) is 12.2 Å². The summed E-state index contributed by atoms with van der Waals surface area (Å²) >= 11 is 0. The first-order chi connectivity index (χ1) is 19.1. The standard InChI is InChI=1S/C30H26F2N6O/c31-25-8-4-7-23(20-5-2-1-3-6-20)24(25)19-38-28(39)12-9-21-18-34-30(36-29(21)38)35-22-10-11-27(26(32)17-22)37-15-13-33-14-16-37/h1-12,17-18,33H,13-16,19H2,(H,34,35,36). The van der Waals surface area contributed by atoms with E-state index in [2.05, 4.69) is 20.6 Å². The number of rotatable bonds is 6. The fourth-order valence-corrected chi connectivity index (χ4v) is 4.93. The van der Waals surface area contributed by atoms with Crippen LogP contribution in [0.4, 0.5) is 26.1 Å². The molecule has 7 nitrogen and oxygen atoms in total. The Morgan fingerprint density at radius 1 is 0.897 bits per heavy atom. The number of aromatic nitrogens is 3. The van der Waals surface area contributed by atoms with E-state index < -0.39 is 5.82 Å². The van der Waals surface area contributed by atoms with Crippen LogP contribution in [0.1, 0.15) is 5.56 Å². The van der Waals surface area contributed by atoms with E-state index >= 15 is 4.39 Å². The van der Waals surface area contributed by atoms with Crippen LogP contribution in [-0.4, -0.2) is 40.7 Å². The van der Waals surface area contributed by atoms with Gasteiger partial charge in [-0.2, -0.15) is 4.98 Å². The molecule has 196 valence electrons. The van der Waals surface area contributed by atoms with E-state index in [0.29, 0.717) is 33.5 Å². The maximum atomic E-state index is 15.1. The average Bonchev–Trinajstić information content (AvgIpc) is 2.96. The van der Waals surface area contributed by atoms with E-state index in [1.165, 1.54) is 22.8 Å². The van der Waals surface area contributed by atoms with Gasteiger partial charge in [-0.15, -0.1) is 0 Å². The van der Waals surface area contributed by atoms with Crippen LogP contribution in [0.15, 0.2) is 89.9 Å². The quantitative estimate of drug-likeness (QED) is 0.328. The molecule has 1 aliphatic heterocycles. The predicted octanol–water partition coefficient (Wildman–Crippen LogP) is 4.94. The van der Waals surface area contributed by atoms with Crippen LogP contribution < -0.4 is 21.1 Å². The van der Waals surface area contributed by atoms with Gasteiger partial charge in [0.15, 0.2) is 0 Å². The smallest absolute Gasteiger partial charge is 0.252 e. The third kappa shape index (κ3) is 5.08. The minimum atomic E-state index is -0.410. The molecular formula is C30H26F2N6O. The summed E-state index contributed by atoms with van der Waals surface area (Å²) in [6.07, 6.45) is 1.59. The van der Waals surface area contributed by atoms with Crippen LogP contribution in [0, 0.1) is 11.6 Å². The molecule has 39 heavy (non-hydrogen) atoms. The van der Waals surface area contributed by atoms with E-state index in [1.54, 1.807) is 30.5 Å². The molecule has 0 bridgehead atoms. The number of nitrogens with zero attached hydrogens (tertiary/aromatic N) is 4. The molecule has 3 heterocycles. The number of hydrogen-bond acceptors (Lipinski definition) is 6. The summed E-state index contributed by atoms with van der Waals surface area (Å²) in [6, 6.07) is 22.3. The number of benzene rings is 3. The highest BCUT2D eigenvalue weighted by Crippen LogP contribution is 2.28. The minimum absolute atomic E-state index is 0.0163. The van der Waals surface area contributed by atoms with E-state index in [1.807, 2.05) is 41.3 Å². The molecule has 0 saturated carbocycles. The molecule has 1 fully saturated rings. The highest BCUT2D eigenvalue weighted by Gasteiger charge is 2.17. The third-order valence-corrected chi connectivity index (χ3v) is 6.90. The first-order valence-corrected chi connectivity index (χ1v) is 12.8.